The normalized spacial score (nSPS) is 10.7. The van der Waals surface area contributed by atoms with Gasteiger partial charge in [-0.3, -0.25) is 4.79 Å². The second-order valence-corrected chi connectivity index (χ2v) is 7.35. The van der Waals surface area contributed by atoms with Crippen LogP contribution in [0, 0.1) is 0 Å². The second-order valence-electron chi connectivity index (χ2n) is 5.37. The third-order valence-electron chi connectivity index (χ3n) is 3.62. The number of nitrogens with two attached hydrogens (primary N) is 1. The van der Waals surface area contributed by atoms with Crippen molar-refractivity contribution in [3.05, 3.63) is 46.7 Å². The number of hydrogen-bond acceptors (Lipinski definition) is 7. The molecule has 0 bridgehead atoms. The lowest BCUT2D eigenvalue weighted by Crippen LogP contribution is -2.27. The number of carbonyl (C=O) groups excluding carboxylic acids is 1. The van der Waals surface area contributed by atoms with Gasteiger partial charge in [-0.25, -0.2) is 4.68 Å². The fourth-order valence-corrected chi connectivity index (χ4v) is 3.67. The Bertz CT molecular complexity index is 847. The highest BCUT2D eigenvalue weighted by molar-refractivity contribution is 7.99. The molecule has 3 aromatic rings. The van der Waals surface area contributed by atoms with Crippen molar-refractivity contribution in [3.63, 3.8) is 0 Å². The Kier molecular flexibility index (Phi) is 6.13. The summed E-state index contributed by atoms with van der Waals surface area (Å²) in [6.07, 6.45) is 0.836. The van der Waals surface area contributed by atoms with E-state index in [-0.39, 0.29) is 11.7 Å². The van der Waals surface area contributed by atoms with Crippen LogP contribution in [0.2, 0.25) is 0 Å². The first-order valence-corrected chi connectivity index (χ1v) is 9.80. The molecule has 0 atom stereocenters. The molecule has 3 N–H and O–H groups in total. The van der Waals surface area contributed by atoms with Crippen LogP contribution in [0.25, 0.3) is 11.4 Å². The minimum Gasteiger partial charge on any atom is -0.497 e. The second kappa shape index (κ2) is 8.72. The number of nitrogens with one attached hydrogen (secondary N) is 1. The average molecular weight is 390 g/mol. The smallest absolute Gasteiger partial charge is 0.230 e. The summed E-state index contributed by atoms with van der Waals surface area (Å²) < 4.78 is 6.53. The molecule has 26 heavy (non-hydrogen) atoms. The van der Waals surface area contributed by atoms with Gasteiger partial charge in [-0.15, -0.1) is 21.5 Å². The maximum atomic E-state index is 12.0. The predicted molar refractivity (Wildman–Crippen MR) is 104 cm³/mol. The molecular formula is C17H19N5O2S2. The lowest BCUT2D eigenvalue weighted by atomic mass is 10.2. The number of rotatable bonds is 8. The van der Waals surface area contributed by atoms with E-state index < -0.39 is 0 Å². The van der Waals surface area contributed by atoms with Gasteiger partial charge in [0.25, 0.3) is 0 Å². The summed E-state index contributed by atoms with van der Waals surface area (Å²) in [6, 6.07) is 11.4. The van der Waals surface area contributed by atoms with Gasteiger partial charge in [0.05, 0.1) is 12.9 Å². The van der Waals surface area contributed by atoms with Crippen molar-refractivity contribution in [3.8, 4) is 17.1 Å². The zero-order valence-electron chi connectivity index (χ0n) is 14.2. The molecule has 0 aliphatic rings. The lowest BCUT2D eigenvalue weighted by Gasteiger charge is -2.05. The maximum Gasteiger partial charge on any atom is 0.230 e. The molecule has 0 unspecified atom stereocenters. The molecule has 136 valence electrons. The zero-order valence-corrected chi connectivity index (χ0v) is 15.8. The van der Waals surface area contributed by atoms with Crippen molar-refractivity contribution in [1.29, 1.82) is 0 Å². The zero-order chi connectivity index (χ0) is 18.4. The van der Waals surface area contributed by atoms with Gasteiger partial charge < -0.3 is 15.9 Å². The number of aromatic nitrogens is 3. The summed E-state index contributed by atoms with van der Waals surface area (Å²) in [4.78, 5) is 13.2. The number of ether oxygens (including phenoxy) is 1. The summed E-state index contributed by atoms with van der Waals surface area (Å²) in [5.74, 6) is 7.54. The summed E-state index contributed by atoms with van der Waals surface area (Å²) in [6.45, 7) is 0.617. The topological polar surface area (TPSA) is 95.1 Å². The number of thiophene rings is 1. The quantitative estimate of drug-likeness (QED) is 0.453. The highest BCUT2D eigenvalue weighted by Gasteiger charge is 2.13. The molecule has 0 saturated heterocycles. The molecule has 7 nitrogen and oxygen atoms in total. The monoisotopic (exact) mass is 389 g/mol. The first-order valence-electron chi connectivity index (χ1n) is 7.94. The number of benzene rings is 1. The van der Waals surface area contributed by atoms with E-state index in [1.165, 1.54) is 21.3 Å². The molecule has 0 saturated carbocycles. The molecule has 0 aliphatic heterocycles. The van der Waals surface area contributed by atoms with E-state index in [0.29, 0.717) is 17.5 Å². The minimum atomic E-state index is -0.0550. The van der Waals surface area contributed by atoms with Gasteiger partial charge in [0.15, 0.2) is 5.82 Å². The van der Waals surface area contributed by atoms with Crippen LogP contribution in [0.5, 0.6) is 5.75 Å². The molecule has 1 aromatic carbocycles. The Morgan fingerprint density at radius 1 is 1.31 bits per heavy atom. The van der Waals surface area contributed by atoms with Crippen LogP contribution in [0.3, 0.4) is 0 Å². The Morgan fingerprint density at radius 2 is 2.12 bits per heavy atom. The Hall–Kier alpha value is -2.52. The van der Waals surface area contributed by atoms with Gasteiger partial charge in [-0.2, -0.15) is 0 Å². The summed E-state index contributed by atoms with van der Waals surface area (Å²) in [5.41, 5.74) is 0.827. The SMILES string of the molecule is COc1ccc(-c2nnc(SCC(=O)NCCc3cccs3)n2N)cc1. The number of nitrogens with zero attached hydrogens (tertiary/aromatic N) is 3. The largest absolute Gasteiger partial charge is 0.497 e. The molecule has 0 spiro atoms. The van der Waals surface area contributed by atoms with Gasteiger partial charge in [-0.1, -0.05) is 17.8 Å². The highest BCUT2D eigenvalue weighted by atomic mass is 32.2. The standard InChI is InChI=1S/C17H19N5O2S2/c1-24-13-6-4-12(5-7-13)16-20-21-17(22(16)18)26-11-15(23)19-9-8-14-3-2-10-25-14/h2-7,10H,8-9,11,18H2,1H3,(H,19,23). The summed E-state index contributed by atoms with van der Waals surface area (Å²) >= 11 is 2.94. The molecule has 9 heteroatoms. The predicted octanol–water partition coefficient (Wildman–Crippen LogP) is 2.18. The molecular weight excluding hydrogens is 370 g/mol. The van der Waals surface area contributed by atoms with Crippen LogP contribution >= 0.6 is 23.1 Å². The molecule has 0 radical (unpaired) electrons. The Morgan fingerprint density at radius 3 is 2.81 bits per heavy atom. The van der Waals surface area contributed by atoms with Crippen molar-refractivity contribution < 1.29 is 9.53 Å². The highest BCUT2D eigenvalue weighted by Crippen LogP contribution is 2.23. The van der Waals surface area contributed by atoms with E-state index in [1.54, 1.807) is 18.4 Å². The van der Waals surface area contributed by atoms with Crippen molar-refractivity contribution in [2.45, 2.75) is 11.6 Å². The van der Waals surface area contributed by atoms with Crippen LogP contribution in [0.4, 0.5) is 0 Å². The third kappa shape index (κ3) is 4.55. The van der Waals surface area contributed by atoms with Crippen molar-refractivity contribution in [2.24, 2.45) is 0 Å². The van der Waals surface area contributed by atoms with Crippen LogP contribution in [0.1, 0.15) is 4.88 Å². The summed E-state index contributed by atoms with van der Waals surface area (Å²) in [5, 5.41) is 13.6. The van der Waals surface area contributed by atoms with E-state index >= 15 is 0 Å². The van der Waals surface area contributed by atoms with E-state index in [2.05, 4.69) is 21.6 Å². The van der Waals surface area contributed by atoms with Gasteiger partial charge in [0.2, 0.25) is 11.1 Å². The average Bonchev–Trinajstić information content (AvgIpc) is 3.30. The maximum absolute atomic E-state index is 12.0. The number of amides is 1. The number of nitrogen functional groups attached to an aromatic ring is 1. The van der Waals surface area contributed by atoms with Gasteiger partial charge in [-0.05, 0) is 42.1 Å². The number of methoxy groups -OCH3 is 1. The third-order valence-corrected chi connectivity index (χ3v) is 5.50. The number of hydrogen-bond donors (Lipinski definition) is 2. The van der Waals surface area contributed by atoms with E-state index in [1.807, 2.05) is 35.7 Å². The van der Waals surface area contributed by atoms with E-state index in [4.69, 9.17) is 10.6 Å². The molecule has 2 aromatic heterocycles. The number of carbonyl (C=O) groups is 1. The number of thioether (sulfide) groups is 1. The Labute approximate surface area is 159 Å². The first kappa shape index (κ1) is 18.3. The fraction of sp³-hybridized carbons (Fsp3) is 0.235. The molecule has 2 heterocycles. The van der Waals surface area contributed by atoms with Crippen molar-refractivity contribution in [1.82, 2.24) is 20.2 Å². The Balaban J connectivity index is 1.52. The molecule has 0 fully saturated rings. The van der Waals surface area contributed by atoms with Crippen LogP contribution in [-0.4, -0.2) is 40.2 Å². The lowest BCUT2D eigenvalue weighted by molar-refractivity contribution is -0.118. The summed E-state index contributed by atoms with van der Waals surface area (Å²) in [7, 11) is 1.61. The molecule has 0 aliphatic carbocycles. The van der Waals surface area contributed by atoms with Crippen molar-refractivity contribution >= 4 is 29.0 Å². The van der Waals surface area contributed by atoms with Crippen molar-refractivity contribution in [2.75, 3.05) is 25.3 Å². The van der Waals surface area contributed by atoms with E-state index in [0.717, 1.165) is 17.7 Å². The van der Waals surface area contributed by atoms with Crippen LogP contribution in [0.15, 0.2) is 46.9 Å². The van der Waals surface area contributed by atoms with Gasteiger partial charge >= 0.3 is 0 Å². The fourth-order valence-electron chi connectivity index (χ4n) is 2.27. The van der Waals surface area contributed by atoms with E-state index in [9.17, 15) is 4.79 Å². The minimum absolute atomic E-state index is 0.0550. The van der Waals surface area contributed by atoms with Crippen LogP contribution in [-0.2, 0) is 11.2 Å². The van der Waals surface area contributed by atoms with Gasteiger partial charge in [0.1, 0.15) is 5.75 Å². The first-order chi connectivity index (χ1) is 12.7. The molecule has 3 rings (SSSR count). The molecule has 1 amide bonds. The van der Waals surface area contributed by atoms with Gasteiger partial charge in [0, 0.05) is 17.0 Å². The van der Waals surface area contributed by atoms with Crippen LogP contribution < -0.4 is 15.9 Å².